The smallest absolute Gasteiger partial charge is 0.254 e. The maximum absolute atomic E-state index is 12.4. The van der Waals surface area contributed by atoms with Gasteiger partial charge in [0.05, 0.1) is 18.3 Å². The van der Waals surface area contributed by atoms with Crippen molar-refractivity contribution in [2.75, 3.05) is 18.0 Å². The fraction of sp³-hybridized carbons (Fsp3) is 0.286. The topological polar surface area (TPSA) is 63.1 Å². The lowest BCUT2D eigenvalue weighted by Gasteiger charge is -2.19. The molecule has 0 aliphatic carbocycles. The number of nitrogens with one attached hydrogen (secondary N) is 1. The van der Waals surface area contributed by atoms with Gasteiger partial charge in [-0.3, -0.25) is 9.48 Å². The van der Waals surface area contributed by atoms with Crippen LogP contribution in [0.25, 0.3) is 0 Å². The van der Waals surface area contributed by atoms with Crippen LogP contribution < -0.4 is 10.2 Å². The van der Waals surface area contributed by atoms with Crippen molar-refractivity contribution in [1.82, 2.24) is 20.1 Å². The van der Waals surface area contributed by atoms with Crippen molar-refractivity contribution in [2.45, 2.75) is 26.9 Å². The van der Waals surface area contributed by atoms with Crippen LogP contribution in [0, 0.1) is 0 Å². The normalized spacial score (nSPS) is 10.6. The molecule has 1 N–H and O–H groups in total. The van der Waals surface area contributed by atoms with Gasteiger partial charge in [0.25, 0.3) is 5.91 Å². The number of carbonyl (C=O) groups excluding carboxylic acids is 1. The summed E-state index contributed by atoms with van der Waals surface area (Å²) in [4.78, 5) is 19.0. The van der Waals surface area contributed by atoms with Gasteiger partial charge in [-0.2, -0.15) is 5.10 Å². The van der Waals surface area contributed by atoms with E-state index in [1.807, 2.05) is 48.7 Å². The van der Waals surface area contributed by atoms with Gasteiger partial charge in [-0.15, -0.1) is 0 Å². The SMILES string of the molecule is CCN(CC)c1ccc(CNC(=O)c2cnn(Cc3ccccc3)c2)cn1. The molecule has 1 amide bonds. The van der Waals surface area contributed by atoms with Crippen molar-refractivity contribution in [3.05, 3.63) is 77.7 Å². The summed E-state index contributed by atoms with van der Waals surface area (Å²) in [5.74, 6) is 0.819. The fourth-order valence-corrected chi connectivity index (χ4v) is 2.88. The first-order valence-corrected chi connectivity index (χ1v) is 9.24. The number of amides is 1. The number of anilines is 1. The largest absolute Gasteiger partial charge is 0.357 e. The second kappa shape index (κ2) is 8.98. The molecule has 0 saturated heterocycles. The summed E-state index contributed by atoms with van der Waals surface area (Å²) in [7, 11) is 0. The lowest BCUT2D eigenvalue weighted by Crippen LogP contribution is -2.24. The average molecular weight is 363 g/mol. The van der Waals surface area contributed by atoms with Gasteiger partial charge in [0.2, 0.25) is 0 Å². The zero-order valence-corrected chi connectivity index (χ0v) is 15.8. The maximum atomic E-state index is 12.4. The molecule has 0 fully saturated rings. The first kappa shape index (κ1) is 18.6. The standard InChI is InChI=1S/C21H25N5O/c1-3-25(4-2)20-11-10-18(12-22-20)13-23-21(27)19-14-24-26(16-19)15-17-8-6-5-7-9-17/h5-12,14,16H,3-4,13,15H2,1-2H3,(H,23,27). The van der Waals surface area contributed by atoms with Crippen LogP contribution in [0.4, 0.5) is 5.82 Å². The van der Waals surface area contributed by atoms with Crippen LogP contribution in [0.15, 0.2) is 61.1 Å². The minimum atomic E-state index is -0.137. The van der Waals surface area contributed by atoms with Gasteiger partial charge in [-0.05, 0) is 31.0 Å². The molecule has 0 atom stereocenters. The molecule has 0 bridgehead atoms. The van der Waals surface area contributed by atoms with E-state index >= 15 is 0 Å². The zero-order valence-electron chi connectivity index (χ0n) is 15.8. The van der Waals surface area contributed by atoms with Crippen molar-refractivity contribution in [3.63, 3.8) is 0 Å². The molecular weight excluding hydrogens is 338 g/mol. The number of pyridine rings is 1. The van der Waals surface area contributed by atoms with Crippen molar-refractivity contribution in [3.8, 4) is 0 Å². The average Bonchev–Trinajstić information content (AvgIpc) is 3.17. The molecular formula is C21H25N5O. The van der Waals surface area contributed by atoms with Gasteiger partial charge in [0, 0.05) is 32.0 Å². The Bertz CT molecular complexity index is 854. The number of nitrogens with zero attached hydrogens (tertiary/aromatic N) is 4. The van der Waals surface area contributed by atoms with Crippen LogP contribution in [-0.4, -0.2) is 33.8 Å². The van der Waals surface area contributed by atoms with Crippen LogP contribution in [0.1, 0.15) is 35.3 Å². The Morgan fingerprint density at radius 3 is 2.48 bits per heavy atom. The van der Waals surface area contributed by atoms with Gasteiger partial charge in [-0.1, -0.05) is 36.4 Å². The quantitative estimate of drug-likeness (QED) is 0.668. The number of benzene rings is 1. The monoisotopic (exact) mass is 363 g/mol. The van der Waals surface area contributed by atoms with Crippen LogP contribution >= 0.6 is 0 Å². The summed E-state index contributed by atoms with van der Waals surface area (Å²) in [5, 5.41) is 7.20. The number of hydrogen-bond donors (Lipinski definition) is 1. The van der Waals surface area contributed by atoms with E-state index in [9.17, 15) is 4.79 Å². The van der Waals surface area contributed by atoms with E-state index in [1.54, 1.807) is 17.1 Å². The molecule has 0 saturated carbocycles. The van der Waals surface area contributed by atoms with E-state index in [0.717, 1.165) is 30.0 Å². The van der Waals surface area contributed by atoms with Crippen LogP contribution in [-0.2, 0) is 13.1 Å². The fourth-order valence-electron chi connectivity index (χ4n) is 2.88. The molecule has 0 unspecified atom stereocenters. The highest BCUT2D eigenvalue weighted by atomic mass is 16.1. The molecule has 3 rings (SSSR count). The minimum Gasteiger partial charge on any atom is -0.357 e. The molecule has 3 aromatic rings. The lowest BCUT2D eigenvalue weighted by atomic mass is 10.2. The second-order valence-corrected chi connectivity index (χ2v) is 6.29. The second-order valence-electron chi connectivity index (χ2n) is 6.29. The van der Waals surface area contributed by atoms with E-state index in [1.165, 1.54) is 0 Å². The van der Waals surface area contributed by atoms with Gasteiger partial charge in [0.15, 0.2) is 0 Å². The van der Waals surface area contributed by atoms with Crippen molar-refractivity contribution >= 4 is 11.7 Å². The Kier molecular flexibility index (Phi) is 6.20. The van der Waals surface area contributed by atoms with E-state index < -0.39 is 0 Å². The van der Waals surface area contributed by atoms with Crippen LogP contribution in [0.5, 0.6) is 0 Å². The summed E-state index contributed by atoms with van der Waals surface area (Å²) in [6.45, 7) is 7.15. The first-order chi connectivity index (χ1) is 13.2. The minimum absolute atomic E-state index is 0.137. The molecule has 0 spiro atoms. The van der Waals surface area contributed by atoms with E-state index in [2.05, 4.69) is 34.1 Å². The Morgan fingerprint density at radius 1 is 1.04 bits per heavy atom. The van der Waals surface area contributed by atoms with E-state index in [0.29, 0.717) is 18.7 Å². The summed E-state index contributed by atoms with van der Waals surface area (Å²) in [6.07, 6.45) is 5.18. The predicted molar refractivity (Wildman–Crippen MR) is 107 cm³/mol. The number of aromatic nitrogens is 3. The van der Waals surface area contributed by atoms with Crippen LogP contribution in [0.2, 0.25) is 0 Å². The molecule has 27 heavy (non-hydrogen) atoms. The van der Waals surface area contributed by atoms with Gasteiger partial charge in [-0.25, -0.2) is 4.98 Å². The highest BCUT2D eigenvalue weighted by Gasteiger charge is 2.09. The number of carbonyl (C=O) groups is 1. The molecule has 1 aromatic carbocycles. The summed E-state index contributed by atoms with van der Waals surface area (Å²) >= 11 is 0. The Morgan fingerprint density at radius 2 is 1.81 bits per heavy atom. The van der Waals surface area contributed by atoms with Crippen LogP contribution in [0.3, 0.4) is 0 Å². The molecule has 0 aliphatic heterocycles. The molecule has 6 nitrogen and oxygen atoms in total. The highest BCUT2D eigenvalue weighted by molar-refractivity contribution is 5.93. The Balaban J connectivity index is 1.55. The van der Waals surface area contributed by atoms with Crippen molar-refractivity contribution < 1.29 is 4.79 Å². The van der Waals surface area contributed by atoms with Gasteiger partial charge in [0.1, 0.15) is 5.82 Å². The predicted octanol–water partition coefficient (Wildman–Crippen LogP) is 3.10. The molecule has 6 heteroatoms. The molecule has 0 radical (unpaired) electrons. The van der Waals surface area contributed by atoms with Crippen molar-refractivity contribution in [1.29, 1.82) is 0 Å². The maximum Gasteiger partial charge on any atom is 0.254 e. The lowest BCUT2D eigenvalue weighted by molar-refractivity contribution is 0.0951. The molecule has 2 heterocycles. The molecule has 2 aromatic heterocycles. The van der Waals surface area contributed by atoms with E-state index in [-0.39, 0.29) is 5.91 Å². The first-order valence-electron chi connectivity index (χ1n) is 9.24. The zero-order chi connectivity index (χ0) is 19.1. The Labute approximate surface area is 159 Å². The third-order valence-electron chi connectivity index (χ3n) is 4.43. The number of hydrogen-bond acceptors (Lipinski definition) is 4. The van der Waals surface area contributed by atoms with Crippen molar-refractivity contribution in [2.24, 2.45) is 0 Å². The Hall–Kier alpha value is -3.15. The summed E-state index contributed by atoms with van der Waals surface area (Å²) < 4.78 is 1.77. The van der Waals surface area contributed by atoms with Gasteiger partial charge < -0.3 is 10.2 Å². The number of rotatable bonds is 8. The van der Waals surface area contributed by atoms with E-state index in [4.69, 9.17) is 0 Å². The third-order valence-corrected chi connectivity index (χ3v) is 4.43. The molecule has 140 valence electrons. The third kappa shape index (κ3) is 4.94. The highest BCUT2D eigenvalue weighted by Crippen LogP contribution is 2.11. The summed E-state index contributed by atoms with van der Waals surface area (Å²) in [6, 6.07) is 14.0. The summed E-state index contributed by atoms with van der Waals surface area (Å²) in [5.41, 5.74) is 2.67. The molecule has 0 aliphatic rings. The van der Waals surface area contributed by atoms with Gasteiger partial charge >= 0.3 is 0 Å².